The van der Waals surface area contributed by atoms with Gasteiger partial charge in [-0.25, -0.2) is 4.98 Å². The van der Waals surface area contributed by atoms with E-state index in [1.165, 1.54) is 6.20 Å². The number of carbonyl (C=O) groups is 1. The number of rotatable bonds is 4. The first kappa shape index (κ1) is 20.1. The minimum absolute atomic E-state index is 0. The third-order valence-corrected chi connectivity index (χ3v) is 3.62. The van der Waals surface area contributed by atoms with Crippen molar-refractivity contribution in [3.8, 4) is 0 Å². The zero-order valence-corrected chi connectivity index (χ0v) is 17.9. The average molecular weight is 376 g/mol. The van der Waals surface area contributed by atoms with Gasteiger partial charge in [0, 0.05) is 11.8 Å². The molecule has 0 saturated heterocycles. The van der Waals surface area contributed by atoms with Crippen molar-refractivity contribution in [1.29, 1.82) is 0 Å². The van der Waals surface area contributed by atoms with Gasteiger partial charge in [0.05, 0.1) is 5.02 Å². The number of hydrogen-bond acceptors (Lipinski definition) is 2. The second-order valence-electron chi connectivity index (χ2n) is 5.28. The summed E-state index contributed by atoms with van der Waals surface area (Å²) in [5.41, 5.74) is 3.04. The third kappa shape index (κ3) is 5.64. The Kier molecular flexibility index (Phi) is 7.62. The Morgan fingerprint density at radius 3 is 2.44 bits per heavy atom. The van der Waals surface area contributed by atoms with Crippen LogP contribution in [0.2, 0.25) is 5.02 Å². The summed E-state index contributed by atoms with van der Waals surface area (Å²) in [6.07, 6.45) is 1.49. The van der Waals surface area contributed by atoms with Crippen LogP contribution in [-0.4, -0.2) is 10.9 Å². The van der Waals surface area contributed by atoms with E-state index in [1.54, 1.807) is 24.3 Å². The second kappa shape index (κ2) is 9.47. The zero-order valence-electron chi connectivity index (χ0n) is 14.0. The normalized spacial score (nSPS) is 9.84. The van der Waals surface area contributed by atoms with Gasteiger partial charge in [0.2, 0.25) is 0 Å². The summed E-state index contributed by atoms with van der Waals surface area (Å²) >= 11 is 5.80. The molecule has 0 atom stereocenters. The standard InChI is InChI=1S/C19H16ClN3O.K/c1-13-6-9-15(10-7-13)22-17-5-3-2-4-16(17)19(24)23-18-11-8-14(20)12-21-18;/h2-12H,1H3,(H2,21,22,23,24);/q;+1/p-1. The van der Waals surface area contributed by atoms with Gasteiger partial charge >= 0.3 is 51.4 Å². The van der Waals surface area contributed by atoms with Crippen LogP contribution >= 0.6 is 11.6 Å². The average Bonchev–Trinajstić information content (AvgIpc) is 2.59. The molecule has 3 rings (SSSR count). The van der Waals surface area contributed by atoms with Crippen LogP contribution < -0.4 is 56.7 Å². The van der Waals surface area contributed by atoms with E-state index in [9.17, 15) is 4.79 Å². The van der Waals surface area contributed by atoms with E-state index >= 15 is 0 Å². The van der Waals surface area contributed by atoms with Crippen molar-refractivity contribution in [3.63, 3.8) is 0 Å². The molecule has 1 amide bonds. The summed E-state index contributed by atoms with van der Waals surface area (Å²) in [6.45, 7) is 2.02. The number of anilines is 1. The minimum Gasteiger partial charge on any atom is -0.657 e. The molecule has 0 aliphatic heterocycles. The third-order valence-electron chi connectivity index (χ3n) is 3.40. The number of aryl methyl sites for hydroxylation is 1. The van der Waals surface area contributed by atoms with Crippen molar-refractivity contribution in [3.05, 3.63) is 88.3 Å². The van der Waals surface area contributed by atoms with Crippen LogP contribution in [0.4, 0.5) is 17.2 Å². The van der Waals surface area contributed by atoms with E-state index < -0.39 is 0 Å². The Hall–Kier alpha value is -1.21. The molecule has 0 aliphatic carbocycles. The van der Waals surface area contributed by atoms with Gasteiger partial charge in [0.25, 0.3) is 5.91 Å². The number of pyridine rings is 1. The molecule has 0 unspecified atom stereocenters. The van der Waals surface area contributed by atoms with Crippen molar-refractivity contribution < 1.29 is 56.2 Å². The van der Waals surface area contributed by atoms with E-state index in [0.29, 0.717) is 22.1 Å². The van der Waals surface area contributed by atoms with E-state index in [2.05, 4.69) is 15.6 Å². The van der Waals surface area contributed by atoms with Gasteiger partial charge in [-0.2, -0.15) is 0 Å². The Bertz CT molecular complexity index is 851. The van der Waals surface area contributed by atoms with Crippen molar-refractivity contribution in [2.75, 3.05) is 5.32 Å². The number of aromatic nitrogens is 1. The molecule has 0 saturated carbocycles. The molecule has 0 aliphatic rings. The number of para-hydroxylation sites is 1. The van der Waals surface area contributed by atoms with Gasteiger partial charge in [-0.3, -0.25) is 4.79 Å². The van der Waals surface area contributed by atoms with Gasteiger partial charge in [0.15, 0.2) is 0 Å². The monoisotopic (exact) mass is 375 g/mol. The number of nitrogens with zero attached hydrogens (tertiary/aromatic N) is 2. The van der Waals surface area contributed by atoms with Crippen molar-refractivity contribution in [2.24, 2.45) is 0 Å². The quantitative estimate of drug-likeness (QED) is 0.713. The maximum atomic E-state index is 12.5. The molecular weight excluding hydrogens is 361 g/mol. The Balaban J connectivity index is 0.00000225. The number of amides is 1. The van der Waals surface area contributed by atoms with Crippen molar-refractivity contribution >= 4 is 34.7 Å². The predicted octanol–water partition coefficient (Wildman–Crippen LogP) is 2.64. The van der Waals surface area contributed by atoms with Gasteiger partial charge in [-0.05, 0) is 19.1 Å². The Morgan fingerprint density at radius 1 is 1.04 bits per heavy atom. The van der Waals surface area contributed by atoms with Crippen molar-refractivity contribution in [2.45, 2.75) is 6.92 Å². The summed E-state index contributed by atoms with van der Waals surface area (Å²) in [5, 5.41) is 7.83. The maximum absolute atomic E-state index is 12.5. The fraction of sp³-hybridized carbons (Fsp3) is 0.0526. The van der Waals surface area contributed by atoms with Crippen LogP contribution in [0.1, 0.15) is 15.9 Å². The van der Waals surface area contributed by atoms with Crippen LogP contribution in [0, 0.1) is 6.92 Å². The summed E-state index contributed by atoms with van der Waals surface area (Å²) < 4.78 is 0. The van der Waals surface area contributed by atoms with Crippen LogP contribution in [0.3, 0.4) is 0 Å². The van der Waals surface area contributed by atoms with Crippen LogP contribution in [0.5, 0.6) is 0 Å². The first-order valence-corrected chi connectivity index (χ1v) is 7.80. The number of halogens is 1. The number of nitrogens with one attached hydrogen (secondary N) is 1. The second-order valence-corrected chi connectivity index (χ2v) is 5.72. The molecule has 120 valence electrons. The topological polar surface area (TPSA) is 56.1 Å². The van der Waals surface area contributed by atoms with Gasteiger partial charge in [-0.1, -0.05) is 65.7 Å². The minimum atomic E-state index is -0.267. The molecule has 1 N–H and O–H groups in total. The van der Waals surface area contributed by atoms with Crippen LogP contribution in [-0.2, 0) is 0 Å². The van der Waals surface area contributed by atoms with Crippen LogP contribution in [0.25, 0.3) is 5.32 Å². The molecule has 0 bridgehead atoms. The predicted molar refractivity (Wildman–Crippen MR) is 97.5 cm³/mol. The molecule has 2 aromatic carbocycles. The smallest absolute Gasteiger partial charge is 0.657 e. The SMILES string of the molecule is Cc1ccc([N-]c2ccccc2C(=O)Nc2ccc(Cl)cn2)cc1.[K+]. The van der Waals surface area contributed by atoms with E-state index in [1.807, 2.05) is 43.3 Å². The molecule has 25 heavy (non-hydrogen) atoms. The fourth-order valence-corrected chi connectivity index (χ4v) is 2.27. The molecule has 6 heteroatoms. The van der Waals surface area contributed by atoms with E-state index in [0.717, 1.165) is 11.3 Å². The van der Waals surface area contributed by atoms with Gasteiger partial charge < -0.3 is 10.6 Å². The van der Waals surface area contributed by atoms with Crippen LogP contribution in [0.15, 0.2) is 66.9 Å². The first-order valence-electron chi connectivity index (χ1n) is 7.42. The van der Waals surface area contributed by atoms with Gasteiger partial charge in [-0.15, -0.1) is 11.4 Å². The maximum Gasteiger partial charge on any atom is 1.00 e. The molecular formula is C19H15ClKN3O. The molecule has 1 heterocycles. The summed E-state index contributed by atoms with van der Waals surface area (Å²) in [7, 11) is 0. The zero-order chi connectivity index (χ0) is 16.9. The largest absolute Gasteiger partial charge is 1.00 e. The molecule has 4 nitrogen and oxygen atoms in total. The summed E-state index contributed by atoms with van der Waals surface area (Å²) in [5.74, 6) is 0.172. The van der Waals surface area contributed by atoms with E-state index in [4.69, 9.17) is 11.6 Å². The molecule has 3 aromatic rings. The number of carbonyl (C=O) groups excluding carboxylic acids is 1. The molecule has 1 aromatic heterocycles. The Labute approximate surface area is 194 Å². The fourth-order valence-electron chi connectivity index (χ4n) is 2.15. The number of hydrogen-bond donors (Lipinski definition) is 1. The molecule has 0 spiro atoms. The Morgan fingerprint density at radius 2 is 1.76 bits per heavy atom. The molecule has 0 radical (unpaired) electrons. The molecule has 0 fully saturated rings. The summed E-state index contributed by atoms with van der Waals surface area (Å²) in [4.78, 5) is 16.6. The van der Waals surface area contributed by atoms with Crippen molar-refractivity contribution in [1.82, 2.24) is 4.98 Å². The first-order chi connectivity index (χ1) is 11.6. The number of benzene rings is 2. The summed E-state index contributed by atoms with van der Waals surface area (Å²) in [6, 6.07) is 18.3. The van der Waals surface area contributed by atoms with Gasteiger partial charge in [0.1, 0.15) is 5.82 Å². The van der Waals surface area contributed by atoms with E-state index in [-0.39, 0.29) is 57.3 Å².